The van der Waals surface area contributed by atoms with Crippen molar-refractivity contribution in [3.8, 4) is 6.07 Å². The molecule has 33 heavy (non-hydrogen) atoms. The number of nitrogens with zero attached hydrogens (tertiary/aromatic N) is 4. The van der Waals surface area contributed by atoms with Crippen LogP contribution in [0.25, 0.3) is 0 Å². The zero-order valence-corrected chi connectivity index (χ0v) is 19.1. The molecule has 172 valence electrons. The molecule has 8 nitrogen and oxygen atoms in total. The molecule has 2 atom stereocenters. The van der Waals surface area contributed by atoms with Crippen molar-refractivity contribution in [2.45, 2.75) is 31.2 Å². The van der Waals surface area contributed by atoms with Crippen molar-refractivity contribution < 1.29 is 14.7 Å². The summed E-state index contributed by atoms with van der Waals surface area (Å²) in [5.41, 5.74) is 0.917. The topological polar surface area (TPSA) is 110 Å². The summed E-state index contributed by atoms with van der Waals surface area (Å²) < 4.78 is 0. The molecule has 2 aromatic rings. The number of pyridine rings is 1. The number of carbonyl (C=O) groups excluding carboxylic acids is 1. The molecule has 2 aliphatic rings. The van der Waals surface area contributed by atoms with E-state index in [0.29, 0.717) is 49.6 Å². The van der Waals surface area contributed by atoms with Crippen LogP contribution in [0.5, 0.6) is 0 Å². The number of hydrogen-bond acceptors (Lipinski definition) is 5. The van der Waals surface area contributed by atoms with E-state index in [0.717, 1.165) is 11.4 Å². The SMILES string of the molecule is C[C@@]1(c2ccc(Cl)cc2)CN(C(=O)C2CCN(c3ccc(C#N)cn3)CC2)C[C@H]1NC(=O)O. The average Bonchev–Trinajstić information content (AvgIpc) is 3.15. The molecule has 4 rings (SSSR count). The third-order valence-corrected chi connectivity index (χ3v) is 7.10. The molecule has 0 radical (unpaired) electrons. The predicted octanol–water partition coefficient (Wildman–Crippen LogP) is 3.26. The van der Waals surface area contributed by atoms with Crippen molar-refractivity contribution in [2.75, 3.05) is 31.1 Å². The van der Waals surface area contributed by atoms with Gasteiger partial charge in [0.15, 0.2) is 0 Å². The Morgan fingerprint density at radius 3 is 2.48 bits per heavy atom. The number of nitrogens with one attached hydrogen (secondary N) is 1. The van der Waals surface area contributed by atoms with Crippen LogP contribution < -0.4 is 10.2 Å². The number of amides is 2. The Hall–Kier alpha value is -3.31. The van der Waals surface area contributed by atoms with Crippen LogP contribution in [-0.4, -0.2) is 59.2 Å². The molecule has 9 heteroatoms. The molecule has 0 aliphatic carbocycles. The van der Waals surface area contributed by atoms with Crippen molar-refractivity contribution in [1.29, 1.82) is 5.26 Å². The van der Waals surface area contributed by atoms with Crippen LogP contribution in [0.4, 0.5) is 10.6 Å². The summed E-state index contributed by atoms with van der Waals surface area (Å²) in [5.74, 6) is 0.761. The number of carboxylic acid groups (broad SMARTS) is 1. The van der Waals surface area contributed by atoms with E-state index in [4.69, 9.17) is 16.9 Å². The number of nitriles is 1. The summed E-state index contributed by atoms with van der Waals surface area (Å²) in [4.78, 5) is 33.1. The first-order chi connectivity index (χ1) is 15.8. The Kier molecular flexibility index (Phi) is 6.43. The van der Waals surface area contributed by atoms with E-state index < -0.39 is 17.6 Å². The number of anilines is 1. The first-order valence-corrected chi connectivity index (χ1v) is 11.3. The lowest BCUT2D eigenvalue weighted by Crippen LogP contribution is -2.47. The van der Waals surface area contributed by atoms with Crippen LogP contribution in [0.15, 0.2) is 42.6 Å². The second kappa shape index (κ2) is 9.28. The highest BCUT2D eigenvalue weighted by Crippen LogP contribution is 2.37. The van der Waals surface area contributed by atoms with Crippen molar-refractivity contribution in [3.63, 3.8) is 0 Å². The fourth-order valence-corrected chi connectivity index (χ4v) is 5.02. The smallest absolute Gasteiger partial charge is 0.404 e. The Balaban J connectivity index is 1.44. The zero-order chi connectivity index (χ0) is 23.6. The first-order valence-electron chi connectivity index (χ1n) is 11.0. The van der Waals surface area contributed by atoms with Gasteiger partial charge in [0.05, 0.1) is 11.6 Å². The van der Waals surface area contributed by atoms with Crippen molar-refractivity contribution >= 4 is 29.4 Å². The van der Waals surface area contributed by atoms with Gasteiger partial charge in [-0.3, -0.25) is 4.79 Å². The number of benzene rings is 1. The van der Waals surface area contributed by atoms with Gasteiger partial charge in [0.1, 0.15) is 11.9 Å². The van der Waals surface area contributed by atoms with E-state index in [1.165, 1.54) is 0 Å². The van der Waals surface area contributed by atoms with Gasteiger partial charge in [-0.15, -0.1) is 0 Å². The summed E-state index contributed by atoms with van der Waals surface area (Å²) in [6, 6.07) is 12.6. The van der Waals surface area contributed by atoms with Gasteiger partial charge in [-0.05, 0) is 42.7 Å². The predicted molar refractivity (Wildman–Crippen MR) is 124 cm³/mol. The minimum atomic E-state index is -1.10. The number of hydrogen-bond donors (Lipinski definition) is 2. The van der Waals surface area contributed by atoms with Crippen LogP contribution in [0.3, 0.4) is 0 Å². The van der Waals surface area contributed by atoms with Crippen LogP contribution in [0, 0.1) is 17.2 Å². The molecule has 2 aliphatic heterocycles. The first kappa shape index (κ1) is 22.9. The van der Waals surface area contributed by atoms with E-state index in [1.54, 1.807) is 29.3 Å². The lowest BCUT2D eigenvalue weighted by Gasteiger charge is -2.34. The second-order valence-electron chi connectivity index (χ2n) is 8.92. The lowest BCUT2D eigenvalue weighted by molar-refractivity contribution is -0.135. The molecule has 1 aromatic heterocycles. The molecule has 0 spiro atoms. The number of piperidine rings is 1. The van der Waals surface area contributed by atoms with Gasteiger partial charge >= 0.3 is 6.09 Å². The minimum Gasteiger partial charge on any atom is -0.465 e. The molecule has 2 fully saturated rings. The Labute approximate surface area is 197 Å². The molecule has 2 saturated heterocycles. The monoisotopic (exact) mass is 467 g/mol. The zero-order valence-electron chi connectivity index (χ0n) is 18.4. The number of carbonyl (C=O) groups is 2. The summed E-state index contributed by atoms with van der Waals surface area (Å²) in [6.45, 7) is 4.17. The molecular formula is C24H26ClN5O3. The highest BCUT2D eigenvalue weighted by atomic mass is 35.5. The Morgan fingerprint density at radius 1 is 1.21 bits per heavy atom. The maximum absolute atomic E-state index is 13.4. The molecule has 0 bridgehead atoms. The standard InChI is InChI=1S/C24H26ClN5O3/c1-24(18-3-5-19(25)6-4-18)15-30(14-20(24)28-23(32)33)22(31)17-8-10-29(11-9-17)21-7-2-16(12-26)13-27-21/h2-7,13,17,20,28H,8-11,14-15H2,1H3,(H,32,33)/t20-,24+/m1/s1. The van der Waals surface area contributed by atoms with Crippen LogP contribution in [0.1, 0.15) is 30.9 Å². The molecule has 2 N–H and O–H groups in total. The summed E-state index contributed by atoms with van der Waals surface area (Å²) >= 11 is 6.04. The van der Waals surface area contributed by atoms with Crippen molar-refractivity contribution in [1.82, 2.24) is 15.2 Å². The third-order valence-electron chi connectivity index (χ3n) is 6.85. The number of aromatic nitrogens is 1. The third kappa shape index (κ3) is 4.74. The highest BCUT2D eigenvalue weighted by Gasteiger charge is 2.47. The average molecular weight is 468 g/mol. The van der Waals surface area contributed by atoms with Gasteiger partial charge < -0.3 is 20.2 Å². The normalized spacial score (nSPS) is 23.2. The van der Waals surface area contributed by atoms with Gasteiger partial charge in [0.25, 0.3) is 0 Å². The Bertz CT molecular complexity index is 1060. The number of rotatable bonds is 4. The largest absolute Gasteiger partial charge is 0.465 e. The van der Waals surface area contributed by atoms with Crippen LogP contribution >= 0.6 is 11.6 Å². The maximum Gasteiger partial charge on any atom is 0.404 e. The second-order valence-corrected chi connectivity index (χ2v) is 9.36. The van der Waals surface area contributed by atoms with E-state index in [1.807, 2.05) is 25.1 Å². The van der Waals surface area contributed by atoms with Crippen molar-refractivity contribution in [3.05, 3.63) is 58.7 Å². The van der Waals surface area contributed by atoms with Gasteiger partial charge in [-0.1, -0.05) is 30.7 Å². The van der Waals surface area contributed by atoms with Crippen LogP contribution in [-0.2, 0) is 10.2 Å². The van der Waals surface area contributed by atoms with E-state index >= 15 is 0 Å². The van der Waals surface area contributed by atoms with E-state index in [9.17, 15) is 14.7 Å². The summed E-state index contributed by atoms with van der Waals surface area (Å²) in [5, 5.41) is 21.5. The molecule has 0 saturated carbocycles. The van der Waals surface area contributed by atoms with E-state index in [2.05, 4.69) is 21.3 Å². The molecule has 0 unspecified atom stereocenters. The fourth-order valence-electron chi connectivity index (χ4n) is 4.89. The van der Waals surface area contributed by atoms with Crippen LogP contribution in [0.2, 0.25) is 5.02 Å². The summed E-state index contributed by atoms with van der Waals surface area (Å²) in [7, 11) is 0. The highest BCUT2D eigenvalue weighted by molar-refractivity contribution is 6.30. The number of likely N-dealkylation sites (tertiary alicyclic amines) is 1. The minimum absolute atomic E-state index is 0.0670. The molecule has 2 amide bonds. The molecule has 1 aromatic carbocycles. The van der Waals surface area contributed by atoms with Gasteiger partial charge in [0, 0.05) is 48.7 Å². The molecule has 3 heterocycles. The van der Waals surface area contributed by atoms with Gasteiger partial charge in [-0.2, -0.15) is 5.26 Å². The quantitative estimate of drug-likeness (QED) is 0.714. The molecular weight excluding hydrogens is 442 g/mol. The summed E-state index contributed by atoms with van der Waals surface area (Å²) in [6.07, 6.45) is 1.86. The van der Waals surface area contributed by atoms with Gasteiger partial charge in [0.2, 0.25) is 5.91 Å². The maximum atomic E-state index is 13.4. The Morgan fingerprint density at radius 2 is 1.91 bits per heavy atom. The fraction of sp³-hybridized carbons (Fsp3) is 0.417. The van der Waals surface area contributed by atoms with Crippen molar-refractivity contribution in [2.24, 2.45) is 5.92 Å². The number of halogens is 1. The van der Waals surface area contributed by atoms with E-state index in [-0.39, 0.29) is 11.8 Å². The lowest BCUT2D eigenvalue weighted by atomic mass is 9.78. The van der Waals surface area contributed by atoms with Gasteiger partial charge in [-0.25, -0.2) is 9.78 Å².